The van der Waals surface area contributed by atoms with E-state index in [0.717, 1.165) is 42.6 Å². The molecule has 0 radical (unpaired) electrons. The normalized spacial score (nSPS) is 14.2. The topological polar surface area (TPSA) is 55.4 Å². The van der Waals surface area contributed by atoms with E-state index < -0.39 is 98.7 Å². The Morgan fingerprint density at radius 1 is 0.318 bits per heavy atom. The van der Waals surface area contributed by atoms with E-state index in [9.17, 15) is 57.1 Å². The van der Waals surface area contributed by atoms with Gasteiger partial charge in [0.15, 0.2) is 0 Å². The molecule has 0 aromatic heterocycles. The summed E-state index contributed by atoms with van der Waals surface area (Å²) >= 11 is 0. The molecule has 0 aliphatic heterocycles. The Balaban J connectivity index is 0. The van der Waals surface area contributed by atoms with Crippen LogP contribution in [0, 0.1) is 0 Å². The van der Waals surface area contributed by atoms with Gasteiger partial charge in [-0.15, -0.1) is 0 Å². The molecule has 0 aliphatic rings. The Morgan fingerprint density at radius 3 is 0.909 bits per heavy atom. The van der Waals surface area contributed by atoms with Gasteiger partial charge in [-0.25, -0.2) is 0 Å². The van der Waals surface area contributed by atoms with E-state index in [4.69, 9.17) is 24.7 Å². The fourth-order valence-electron chi connectivity index (χ4n) is 6.94. The molecule has 0 bridgehead atoms. The van der Waals surface area contributed by atoms with Crippen LogP contribution >= 0.6 is 0 Å². The van der Waals surface area contributed by atoms with Gasteiger partial charge in [0.05, 0.1) is 0 Å². The lowest BCUT2D eigenvalue weighted by molar-refractivity contribution is -0.440. The minimum Gasteiger partial charge on any atom is -0.449 e. The number of unbranched alkanes of at least 4 members (excludes halogenated alkanes) is 28. The fraction of sp³-hybridized carbons (Fsp3) is 1.00. The van der Waals surface area contributed by atoms with Gasteiger partial charge in [0, 0.05) is 6.42 Å². The first-order valence-corrected chi connectivity index (χ1v) is 32.7. The molecule has 0 amide bonds. The lowest BCUT2D eigenvalue weighted by Crippen LogP contribution is -2.70. The van der Waals surface area contributed by atoms with E-state index in [-0.39, 0.29) is 22.6 Å². The second-order valence-electron chi connectivity index (χ2n) is 17.1. The molecule has 0 saturated heterocycles. The number of hydrogen-bond acceptors (Lipinski definition) is 6. The van der Waals surface area contributed by atoms with Crippen molar-refractivity contribution in [1.29, 1.82) is 0 Å². The van der Waals surface area contributed by atoms with Crippen LogP contribution in [0.2, 0.25) is 6.04 Å². The maximum absolute atomic E-state index is 13.7. The predicted molar refractivity (Wildman–Crippen MR) is 258 cm³/mol. The summed E-state index contributed by atoms with van der Waals surface area (Å²) in [6.07, 6.45) is 23.4. The second kappa shape index (κ2) is 41.9. The number of halogens is 13. The summed E-state index contributed by atoms with van der Waals surface area (Å²) in [4.78, 5) is 0. The van der Waals surface area contributed by atoms with Gasteiger partial charge >= 0.3 is 35.8 Å². The monoisotopic (exact) mass is 1100 g/mol. The molecule has 66 heavy (non-hydrogen) atoms. The number of alkyl halides is 13. The maximum atomic E-state index is 13.7. The van der Waals surface area contributed by atoms with Crippen LogP contribution in [-0.4, -0.2) is 106 Å². The van der Waals surface area contributed by atoms with Crippen molar-refractivity contribution in [3.8, 4) is 0 Å². The van der Waals surface area contributed by atoms with Crippen LogP contribution in [0.3, 0.4) is 0 Å². The molecule has 0 aromatic carbocycles. The summed E-state index contributed by atoms with van der Waals surface area (Å²) in [5, 5.41) is 0. The van der Waals surface area contributed by atoms with Crippen molar-refractivity contribution in [2.45, 2.75) is 255 Å². The summed E-state index contributed by atoms with van der Waals surface area (Å²) < 4.78 is 202. The highest BCUT2D eigenvalue weighted by atomic mass is 28.4. The van der Waals surface area contributed by atoms with Gasteiger partial charge in [0.2, 0.25) is 0 Å². The smallest absolute Gasteiger partial charge is 0.449 e. The standard InChI is InChI=1S/C24H37F13.C16H48O6Si7/c1-2-3-4-5-6-7-8-9-10-11-12-13-14-15-16-17-18-19(25,26)20(27,28)21(29,30)22(31,32)23(33,34)24(35,36)37;1-2-3-4-5-6-7-8-9-10-11-12-13-14-15-16-24-18-26-20-28-22-29-21-27-19-25-17-23/h2-18H2,1H3;2-16,24-29H2,1,23H3. The van der Waals surface area contributed by atoms with E-state index in [2.05, 4.69) is 13.8 Å². The third kappa shape index (κ3) is 31.7. The molecule has 6 nitrogen and oxygen atoms in total. The third-order valence-electron chi connectivity index (χ3n) is 11.1. The van der Waals surface area contributed by atoms with Crippen molar-refractivity contribution in [1.82, 2.24) is 0 Å². The number of rotatable bonds is 47. The summed E-state index contributed by atoms with van der Waals surface area (Å²) in [7, 11) is -3.57. The molecule has 0 spiro atoms. The first-order valence-electron chi connectivity index (χ1n) is 24.6. The van der Waals surface area contributed by atoms with Crippen LogP contribution in [0.5, 0.6) is 0 Å². The maximum Gasteiger partial charge on any atom is 0.460 e. The molecule has 0 fully saturated rings. The van der Waals surface area contributed by atoms with Gasteiger partial charge in [0.1, 0.15) is 20.2 Å². The Labute approximate surface area is 405 Å². The third-order valence-corrected chi connectivity index (χ3v) is 20.0. The fourth-order valence-corrected chi connectivity index (χ4v) is 18.2. The largest absolute Gasteiger partial charge is 0.460 e. The van der Waals surface area contributed by atoms with E-state index in [1.807, 2.05) is 0 Å². The van der Waals surface area contributed by atoms with Gasteiger partial charge in [-0.3, -0.25) is 0 Å². The number of hydrogen-bond donors (Lipinski definition) is 0. The van der Waals surface area contributed by atoms with Crippen LogP contribution in [-0.2, 0) is 24.7 Å². The van der Waals surface area contributed by atoms with Gasteiger partial charge in [-0.2, -0.15) is 57.1 Å². The lowest BCUT2D eigenvalue weighted by atomic mass is 9.91. The molecule has 0 aliphatic carbocycles. The first-order chi connectivity index (χ1) is 31.2. The Bertz CT molecular complexity index is 1060. The summed E-state index contributed by atoms with van der Waals surface area (Å²) in [6, 6.07) is 1.31. The zero-order valence-electron chi connectivity index (χ0n) is 40.2. The first kappa shape index (κ1) is 68.4. The highest BCUT2D eigenvalue weighted by molar-refractivity contribution is 6.48. The van der Waals surface area contributed by atoms with E-state index in [0.29, 0.717) is 12.8 Å². The Hall–Kier alpha value is 0.368. The van der Waals surface area contributed by atoms with E-state index >= 15 is 0 Å². The van der Waals surface area contributed by atoms with Crippen LogP contribution in [0.25, 0.3) is 0 Å². The molecule has 0 rings (SSSR count). The lowest BCUT2D eigenvalue weighted by Gasteiger charge is -2.39. The zero-order chi connectivity index (χ0) is 50.1. The van der Waals surface area contributed by atoms with Gasteiger partial charge < -0.3 is 24.7 Å². The SMILES string of the molecule is CCCCCCCCCCCCCCCCCCC(F)(F)C(F)(F)C(F)(F)C(F)(F)C(F)(F)C(F)(F)F.CCCCCCCCCCCCCCCC[SiH2]O[SiH2]O[SiH2]O[SiH2]O[SiH2]O[SiH2]O[SiH3]. The molecule has 0 unspecified atom stereocenters. The molecule has 0 N–H and O–H groups in total. The second-order valence-corrected chi connectivity index (χ2v) is 29.9. The van der Waals surface area contributed by atoms with Gasteiger partial charge in [-0.1, -0.05) is 200 Å². The molecular weight excluding hydrogens is 1020 g/mol. The van der Waals surface area contributed by atoms with Crippen molar-refractivity contribution in [2.75, 3.05) is 0 Å². The van der Waals surface area contributed by atoms with E-state index in [1.54, 1.807) is 0 Å². The average molecular weight is 1110 g/mol. The van der Waals surface area contributed by atoms with Gasteiger partial charge in [-0.05, 0) is 12.5 Å². The van der Waals surface area contributed by atoms with Crippen LogP contribution in [0.1, 0.15) is 213 Å². The highest BCUT2D eigenvalue weighted by Gasteiger charge is 2.90. The van der Waals surface area contributed by atoms with Crippen LogP contribution < -0.4 is 0 Å². The molecule has 26 heteroatoms. The average Bonchev–Trinajstić information content (AvgIpc) is 3.25. The van der Waals surface area contributed by atoms with E-state index in [1.165, 1.54) is 134 Å². The van der Waals surface area contributed by atoms with Crippen molar-refractivity contribution < 1.29 is 81.8 Å². The predicted octanol–water partition coefficient (Wildman–Crippen LogP) is 10.7. The summed E-state index contributed by atoms with van der Waals surface area (Å²) in [6.45, 7) is 4.44. The molecule has 0 atom stereocenters. The van der Waals surface area contributed by atoms with Crippen LogP contribution in [0.4, 0.5) is 57.1 Å². The van der Waals surface area contributed by atoms with Crippen molar-refractivity contribution in [3.63, 3.8) is 0 Å². The van der Waals surface area contributed by atoms with Crippen molar-refractivity contribution in [2.24, 2.45) is 0 Å². The summed E-state index contributed by atoms with van der Waals surface area (Å²) in [5.74, 6) is -36.3. The quantitative estimate of drug-likeness (QED) is 0.0344. The molecule has 0 aromatic rings. The molecule has 0 heterocycles. The Morgan fingerprint density at radius 2 is 0.591 bits per heavy atom. The minimum absolute atomic E-state index is 0.162. The molecule has 400 valence electrons. The zero-order valence-corrected chi connectivity index (χ0v) is 50.7. The summed E-state index contributed by atoms with van der Waals surface area (Å²) in [5.41, 5.74) is 0. The molecule has 0 saturated carbocycles. The van der Waals surface area contributed by atoms with Gasteiger partial charge in [0.25, 0.3) is 50.0 Å². The molecular formula is C40H85F13O6Si7. The highest BCUT2D eigenvalue weighted by Crippen LogP contribution is 2.60. The Kier molecular flexibility index (Phi) is 43.5. The van der Waals surface area contributed by atoms with Crippen molar-refractivity contribution in [3.05, 3.63) is 0 Å². The van der Waals surface area contributed by atoms with Crippen molar-refractivity contribution >= 4 is 70.3 Å². The van der Waals surface area contributed by atoms with Crippen LogP contribution in [0.15, 0.2) is 0 Å². The minimum atomic E-state index is -7.82.